The van der Waals surface area contributed by atoms with Gasteiger partial charge in [0.2, 0.25) is 5.91 Å². The quantitative estimate of drug-likeness (QED) is 0.611. The van der Waals surface area contributed by atoms with Crippen LogP contribution in [0.1, 0.15) is 51.9 Å². The molecule has 2 aromatic heterocycles. The van der Waals surface area contributed by atoms with Crippen LogP contribution in [0.25, 0.3) is 10.9 Å². The van der Waals surface area contributed by atoms with Gasteiger partial charge in [0.05, 0.1) is 12.1 Å². The summed E-state index contributed by atoms with van der Waals surface area (Å²) in [5.74, 6) is -0.0670. The van der Waals surface area contributed by atoms with Crippen molar-refractivity contribution >= 4 is 44.9 Å². The number of carbonyl (C=O) groups excluding carboxylic acids is 1. The SMILES string of the molecule is CC(C)n1cc(CC(=O)Nc2nc(C(C)(C)C)cs2)c2cc(Cl)ccc21. The Morgan fingerprint density at radius 1 is 1.35 bits per heavy atom. The second-order valence-electron chi connectivity index (χ2n) is 7.83. The fourth-order valence-corrected chi connectivity index (χ4v) is 4.00. The molecule has 3 aromatic rings. The molecule has 0 saturated carbocycles. The number of carbonyl (C=O) groups is 1. The van der Waals surface area contributed by atoms with E-state index in [-0.39, 0.29) is 11.3 Å². The van der Waals surface area contributed by atoms with Gasteiger partial charge in [-0.25, -0.2) is 4.98 Å². The van der Waals surface area contributed by atoms with E-state index in [4.69, 9.17) is 11.6 Å². The first-order valence-electron chi connectivity index (χ1n) is 8.70. The van der Waals surface area contributed by atoms with Crippen LogP contribution >= 0.6 is 22.9 Å². The molecular weight excluding hydrogens is 366 g/mol. The number of rotatable bonds is 4. The maximum absolute atomic E-state index is 12.6. The van der Waals surface area contributed by atoms with Crippen molar-refractivity contribution in [1.29, 1.82) is 0 Å². The summed E-state index contributed by atoms with van der Waals surface area (Å²) >= 11 is 7.64. The van der Waals surface area contributed by atoms with E-state index in [1.807, 2.05) is 29.8 Å². The van der Waals surface area contributed by atoms with Gasteiger partial charge in [-0.05, 0) is 37.6 Å². The Balaban J connectivity index is 1.83. The van der Waals surface area contributed by atoms with Crippen molar-refractivity contribution in [2.45, 2.75) is 52.5 Å². The first kappa shape index (κ1) is 18.9. The fourth-order valence-electron chi connectivity index (χ4n) is 2.88. The highest BCUT2D eigenvalue weighted by Crippen LogP contribution is 2.29. The maximum atomic E-state index is 12.6. The molecule has 2 heterocycles. The second kappa shape index (κ2) is 7.05. The Morgan fingerprint density at radius 2 is 2.08 bits per heavy atom. The average molecular weight is 390 g/mol. The van der Waals surface area contributed by atoms with Gasteiger partial charge in [0, 0.05) is 39.0 Å². The summed E-state index contributed by atoms with van der Waals surface area (Å²) in [6, 6.07) is 6.13. The smallest absolute Gasteiger partial charge is 0.230 e. The van der Waals surface area contributed by atoms with Crippen molar-refractivity contribution in [1.82, 2.24) is 9.55 Å². The molecule has 0 saturated heterocycles. The zero-order chi connectivity index (χ0) is 19.1. The predicted molar refractivity (Wildman–Crippen MR) is 110 cm³/mol. The van der Waals surface area contributed by atoms with Gasteiger partial charge in [-0.1, -0.05) is 32.4 Å². The minimum atomic E-state index is -0.0670. The summed E-state index contributed by atoms with van der Waals surface area (Å²) in [4.78, 5) is 17.1. The van der Waals surface area contributed by atoms with E-state index >= 15 is 0 Å². The largest absolute Gasteiger partial charge is 0.345 e. The number of hydrogen-bond acceptors (Lipinski definition) is 3. The van der Waals surface area contributed by atoms with Crippen LogP contribution in [0, 0.1) is 0 Å². The number of fused-ring (bicyclic) bond motifs is 1. The van der Waals surface area contributed by atoms with Gasteiger partial charge in [0.15, 0.2) is 5.13 Å². The monoisotopic (exact) mass is 389 g/mol. The molecule has 0 atom stereocenters. The number of aromatic nitrogens is 2. The number of benzene rings is 1. The Kier molecular flexibility index (Phi) is 5.13. The summed E-state index contributed by atoms with van der Waals surface area (Å²) in [5, 5.41) is 7.27. The third kappa shape index (κ3) is 3.94. The van der Waals surface area contributed by atoms with Crippen LogP contribution in [-0.4, -0.2) is 15.5 Å². The topological polar surface area (TPSA) is 46.9 Å². The number of nitrogens with zero attached hydrogens (tertiary/aromatic N) is 2. The van der Waals surface area contributed by atoms with Crippen LogP contribution in [0.2, 0.25) is 5.02 Å². The third-order valence-corrected chi connectivity index (χ3v) is 5.30. The molecule has 1 N–H and O–H groups in total. The third-order valence-electron chi connectivity index (χ3n) is 4.30. The number of thiazole rings is 1. The molecule has 6 heteroatoms. The van der Waals surface area contributed by atoms with Crippen LogP contribution < -0.4 is 5.32 Å². The van der Waals surface area contributed by atoms with Gasteiger partial charge < -0.3 is 9.88 Å². The molecule has 0 fully saturated rings. The summed E-state index contributed by atoms with van der Waals surface area (Å²) in [6.45, 7) is 10.6. The molecule has 1 amide bonds. The lowest BCUT2D eigenvalue weighted by Gasteiger charge is -2.14. The van der Waals surface area contributed by atoms with Crippen molar-refractivity contribution in [2.24, 2.45) is 0 Å². The highest BCUT2D eigenvalue weighted by Gasteiger charge is 2.19. The van der Waals surface area contributed by atoms with Crippen LogP contribution in [0.4, 0.5) is 5.13 Å². The van der Waals surface area contributed by atoms with E-state index in [0.29, 0.717) is 22.6 Å². The molecule has 0 aliphatic carbocycles. The molecule has 4 nitrogen and oxygen atoms in total. The number of halogens is 1. The van der Waals surface area contributed by atoms with Gasteiger partial charge in [0.25, 0.3) is 0 Å². The molecule has 1 aromatic carbocycles. The lowest BCUT2D eigenvalue weighted by Crippen LogP contribution is -2.15. The predicted octanol–water partition coefficient (Wildman–Crippen LogP) is 5.81. The van der Waals surface area contributed by atoms with Gasteiger partial charge in [-0.2, -0.15) is 0 Å². The normalized spacial score (nSPS) is 12.1. The van der Waals surface area contributed by atoms with Crippen molar-refractivity contribution < 1.29 is 4.79 Å². The lowest BCUT2D eigenvalue weighted by molar-refractivity contribution is -0.115. The van der Waals surface area contributed by atoms with Crippen LogP contribution in [0.3, 0.4) is 0 Å². The zero-order valence-corrected chi connectivity index (χ0v) is 17.3. The van der Waals surface area contributed by atoms with Crippen molar-refractivity contribution in [3.63, 3.8) is 0 Å². The van der Waals surface area contributed by atoms with Crippen LogP contribution in [0.5, 0.6) is 0 Å². The minimum Gasteiger partial charge on any atom is -0.345 e. The van der Waals surface area contributed by atoms with Crippen LogP contribution in [-0.2, 0) is 16.6 Å². The summed E-state index contributed by atoms with van der Waals surface area (Å²) in [6.07, 6.45) is 2.34. The van der Waals surface area contributed by atoms with Crippen LogP contribution in [0.15, 0.2) is 29.8 Å². The second-order valence-corrected chi connectivity index (χ2v) is 9.12. The van der Waals surface area contributed by atoms with E-state index in [1.54, 1.807) is 0 Å². The first-order chi connectivity index (χ1) is 12.1. The average Bonchev–Trinajstić information content (AvgIpc) is 3.12. The van der Waals surface area contributed by atoms with E-state index in [2.05, 4.69) is 49.5 Å². The number of amides is 1. The Morgan fingerprint density at radius 3 is 2.69 bits per heavy atom. The first-order valence-corrected chi connectivity index (χ1v) is 9.95. The van der Waals surface area contributed by atoms with Crippen molar-refractivity contribution in [3.05, 3.63) is 46.1 Å². The summed E-state index contributed by atoms with van der Waals surface area (Å²) in [5.41, 5.74) is 3.03. The van der Waals surface area contributed by atoms with Crippen molar-refractivity contribution in [3.8, 4) is 0 Å². The molecule has 0 bridgehead atoms. The standard InChI is InChI=1S/C20H24ClN3OS/c1-12(2)24-10-13(15-9-14(21)6-7-16(15)24)8-18(25)23-19-22-17(11-26-19)20(3,4)5/h6-7,9-12H,8H2,1-5H3,(H,22,23,25). The highest BCUT2D eigenvalue weighted by molar-refractivity contribution is 7.13. The molecule has 0 radical (unpaired) electrons. The van der Waals surface area contributed by atoms with E-state index in [9.17, 15) is 4.79 Å². The summed E-state index contributed by atoms with van der Waals surface area (Å²) < 4.78 is 2.18. The lowest BCUT2D eigenvalue weighted by atomic mass is 9.93. The maximum Gasteiger partial charge on any atom is 0.230 e. The molecule has 26 heavy (non-hydrogen) atoms. The Labute approximate surface area is 163 Å². The molecule has 138 valence electrons. The molecule has 0 aliphatic rings. The van der Waals surface area contributed by atoms with Gasteiger partial charge in [0.1, 0.15) is 0 Å². The van der Waals surface area contributed by atoms with Crippen molar-refractivity contribution in [2.75, 3.05) is 5.32 Å². The minimum absolute atomic E-state index is 0.0269. The fraction of sp³-hybridized carbons (Fsp3) is 0.400. The van der Waals surface area contributed by atoms with Gasteiger partial charge in [-0.3, -0.25) is 4.79 Å². The molecule has 3 rings (SSSR count). The van der Waals surface area contributed by atoms with E-state index < -0.39 is 0 Å². The van der Waals surface area contributed by atoms with E-state index in [1.165, 1.54) is 11.3 Å². The Hall–Kier alpha value is -1.85. The number of nitrogens with one attached hydrogen (secondary N) is 1. The highest BCUT2D eigenvalue weighted by atomic mass is 35.5. The number of hydrogen-bond donors (Lipinski definition) is 1. The number of anilines is 1. The van der Waals surface area contributed by atoms with Gasteiger partial charge >= 0.3 is 0 Å². The molecule has 0 aliphatic heterocycles. The molecule has 0 unspecified atom stereocenters. The summed E-state index contributed by atoms with van der Waals surface area (Å²) in [7, 11) is 0. The molecular formula is C20H24ClN3OS. The Bertz CT molecular complexity index is 950. The van der Waals surface area contributed by atoms with E-state index in [0.717, 1.165) is 22.2 Å². The zero-order valence-electron chi connectivity index (χ0n) is 15.8. The molecule has 0 spiro atoms. The van der Waals surface area contributed by atoms with Gasteiger partial charge in [-0.15, -0.1) is 11.3 Å².